The molecule has 1 aromatic rings. The van der Waals surface area contributed by atoms with Crippen molar-refractivity contribution in [2.24, 2.45) is 0 Å². The highest BCUT2D eigenvalue weighted by molar-refractivity contribution is 8.13. The zero-order chi connectivity index (χ0) is 13.9. The van der Waals surface area contributed by atoms with Crippen molar-refractivity contribution >= 4 is 16.9 Å². The topological polar surface area (TPSA) is 57.5 Å². The molecule has 100 valence electrons. The Bertz CT molecular complexity index is 420. The number of rotatable bonds is 4. The van der Waals surface area contributed by atoms with Crippen LogP contribution >= 0.6 is 11.8 Å². The van der Waals surface area contributed by atoms with Crippen LogP contribution in [0, 0.1) is 20.8 Å². The molecular formula is C14H20O3S. The molecule has 0 spiro atoms. The van der Waals surface area contributed by atoms with Crippen LogP contribution in [-0.4, -0.2) is 27.2 Å². The van der Waals surface area contributed by atoms with Crippen LogP contribution < -0.4 is 0 Å². The average Bonchev–Trinajstić information content (AvgIpc) is 2.24. The second-order valence-electron chi connectivity index (χ2n) is 4.63. The fourth-order valence-corrected chi connectivity index (χ4v) is 2.73. The van der Waals surface area contributed by atoms with Gasteiger partial charge in [-0.2, -0.15) is 0 Å². The van der Waals surface area contributed by atoms with Gasteiger partial charge in [0.15, 0.2) is 5.12 Å². The second kappa shape index (κ2) is 6.36. The van der Waals surface area contributed by atoms with Gasteiger partial charge in [0, 0.05) is 12.7 Å². The molecule has 0 aliphatic heterocycles. The Hall–Kier alpha value is -0.840. The minimum absolute atomic E-state index is 0.0569. The smallest absolute Gasteiger partial charge is 0.185 e. The van der Waals surface area contributed by atoms with Gasteiger partial charge in [-0.05, 0) is 37.5 Å². The SMILES string of the molecule is CC(=O)SCC(O)C(O)c1c(C)cc(C)cc1C. The number of thioether (sulfide) groups is 1. The minimum Gasteiger partial charge on any atom is -0.389 e. The lowest BCUT2D eigenvalue weighted by Gasteiger charge is -2.21. The summed E-state index contributed by atoms with van der Waals surface area (Å²) in [6.45, 7) is 7.29. The molecule has 3 nitrogen and oxygen atoms in total. The maximum Gasteiger partial charge on any atom is 0.185 e. The van der Waals surface area contributed by atoms with E-state index in [1.54, 1.807) is 0 Å². The van der Waals surface area contributed by atoms with Crippen molar-refractivity contribution in [3.05, 3.63) is 34.4 Å². The summed E-state index contributed by atoms with van der Waals surface area (Å²) in [5.74, 6) is 0.212. The summed E-state index contributed by atoms with van der Waals surface area (Å²) in [7, 11) is 0. The highest BCUT2D eigenvalue weighted by Crippen LogP contribution is 2.27. The monoisotopic (exact) mass is 268 g/mol. The van der Waals surface area contributed by atoms with E-state index < -0.39 is 12.2 Å². The molecule has 0 fully saturated rings. The van der Waals surface area contributed by atoms with E-state index in [9.17, 15) is 15.0 Å². The van der Waals surface area contributed by atoms with Crippen LogP contribution in [0.2, 0.25) is 0 Å². The maximum atomic E-state index is 10.9. The van der Waals surface area contributed by atoms with E-state index in [2.05, 4.69) is 0 Å². The number of aryl methyl sites for hydroxylation is 3. The highest BCUT2D eigenvalue weighted by Gasteiger charge is 2.22. The summed E-state index contributed by atoms with van der Waals surface area (Å²) in [6, 6.07) is 3.97. The van der Waals surface area contributed by atoms with Gasteiger partial charge in [-0.15, -0.1) is 0 Å². The molecule has 0 aromatic heterocycles. The Morgan fingerprint density at radius 1 is 1.22 bits per heavy atom. The van der Waals surface area contributed by atoms with Crippen molar-refractivity contribution in [1.29, 1.82) is 0 Å². The van der Waals surface area contributed by atoms with E-state index in [1.165, 1.54) is 6.92 Å². The lowest BCUT2D eigenvalue weighted by Crippen LogP contribution is -2.23. The van der Waals surface area contributed by atoms with Gasteiger partial charge >= 0.3 is 0 Å². The van der Waals surface area contributed by atoms with E-state index in [4.69, 9.17) is 0 Å². The fraction of sp³-hybridized carbons (Fsp3) is 0.500. The van der Waals surface area contributed by atoms with E-state index in [0.29, 0.717) is 0 Å². The van der Waals surface area contributed by atoms with Crippen LogP contribution in [-0.2, 0) is 4.79 Å². The van der Waals surface area contributed by atoms with Gasteiger partial charge in [0.25, 0.3) is 0 Å². The van der Waals surface area contributed by atoms with Gasteiger partial charge in [0.05, 0.1) is 6.10 Å². The van der Waals surface area contributed by atoms with Crippen LogP contribution in [0.4, 0.5) is 0 Å². The molecule has 2 unspecified atom stereocenters. The number of hydrogen-bond donors (Lipinski definition) is 2. The summed E-state index contributed by atoms with van der Waals surface area (Å²) in [4.78, 5) is 10.9. The number of benzene rings is 1. The summed E-state index contributed by atoms with van der Waals surface area (Å²) in [5, 5.41) is 20.0. The summed E-state index contributed by atoms with van der Waals surface area (Å²) in [5.41, 5.74) is 3.82. The zero-order valence-corrected chi connectivity index (χ0v) is 12.0. The van der Waals surface area contributed by atoms with Crippen LogP contribution in [0.5, 0.6) is 0 Å². The fourth-order valence-electron chi connectivity index (χ4n) is 2.14. The van der Waals surface area contributed by atoms with Crippen molar-refractivity contribution in [3.63, 3.8) is 0 Å². The van der Waals surface area contributed by atoms with Crippen LogP contribution in [0.3, 0.4) is 0 Å². The molecule has 0 aliphatic carbocycles. The van der Waals surface area contributed by atoms with Crippen molar-refractivity contribution in [1.82, 2.24) is 0 Å². The number of aliphatic hydroxyl groups is 2. The predicted molar refractivity (Wildman–Crippen MR) is 74.8 cm³/mol. The van der Waals surface area contributed by atoms with Gasteiger partial charge < -0.3 is 10.2 Å². The summed E-state index contributed by atoms with van der Waals surface area (Å²) >= 11 is 1.03. The lowest BCUT2D eigenvalue weighted by molar-refractivity contribution is -0.109. The van der Waals surface area contributed by atoms with E-state index >= 15 is 0 Å². The molecule has 18 heavy (non-hydrogen) atoms. The molecule has 0 heterocycles. The third-order valence-corrected chi connectivity index (χ3v) is 3.77. The number of aliphatic hydroxyl groups excluding tert-OH is 2. The van der Waals surface area contributed by atoms with Gasteiger partial charge in [-0.3, -0.25) is 4.79 Å². The largest absolute Gasteiger partial charge is 0.389 e. The van der Waals surface area contributed by atoms with Crippen LogP contribution in [0.1, 0.15) is 35.3 Å². The molecule has 2 N–H and O–H groups in total. The standard InChI is InChI=1S/C14H20O3S/c1-8-5-9(2)13(10(3)6-8)14(17)12(16)7-18-11(4)15/h5-6,12,14,16-17H,7H2,1-4H3. The lowest BCUT2D eigenvalue weighted by atomic mass is 9.93. The van der Waals surface area contributed by atoms with Gasteiger partial charge in [0.2, 0.25) is 0 Å². The zero-order valence-electron chi connectivity index (χ0n) is 11.2. The molecule has 1 aromatic carbocycles. The van der Waals surface area contributed by atoms with Crippen molar-refractivity contribution in [2.45, 2.75) is 39.9 Å². The van der Waals surface area contributed by atoms with E-state index in [0.717, 1.165) is 34.0 Å². The molecular weight excluding hydrogens is 248 g/mol. The first-order chi connectivity index (χ1) is 8.32. The average molecular weight is 268 g/mol. The predicted octanol–water partition coefficient (Wildman–Crippen LogP) is 2.29. The number of carbonyl (C=O) groups excluding carboxylic acids is 1. The molecule has 0 radical (unpaired) electrons. The van der Waals surface area contributed by atoms with Gasteiger partial charge in [-0.1, -0.05) is 29.5 Å². The summed E-state index contributed by atoms with van der Waals surface area (Å²) in [6.07, 6.45) is -1.88. The van der Waals surface area contributed by atoms with Crippen molar-refractivity contribution in [2.75, 3.05) is 5.75 Å². The van der Waals surface area contributed by atoms with E-state index in [1.807, 2.05) is 32.9 Å². The van der Waals surface area contributed by atoms with Gasteiger partial charge in [-0.25, -0.2) is 0 Å². The molecule has 0 amide bonds. The minimum atomic E-state index is -0.947. The molecule has 0 saturated carbocycles. The van der Waals surface area contributed by atoms with Crippen molar-refractivity contribution in [3.8, 4) is 0 Å². The Balaban J connectivity index is 2.89. The second-order valence-corrected chi connectivity index (χ2v) is 5.82. The molecule has 4 heteroatoms. The first kappa shape index (κ1) is 15.2. The molecule has 0 saturated heterocycles. The normalized spacial score (nSPS) is 14.3. The van der Waals surface area contributed by atoms with Gasteiger partial charge in [0.1, 0.15) is 6.10 Å². The maximum absolute atomic E-state index is 10.9. The molecule has 0 aliphatic rings. The number of carbonyl (C=O) groups is 1. The Kier molecular flexibility index (Phi) is 5.38. The Morgan fingerprint density at radius 3 is 2.17 bits per heavy atom. The first-order valence-electron chi connectivity index (χ1n) is 5.90. The molecule has 0 bridgehead atoms. The third-order valence-electron chi connectivity index (χ3n) is 2.86. The molecule has 2 atom stereocenters. The quantitative estimate of drug-likeness (QED) is 0.879. The van der Waals surface area contributed by atoms with Crippen LogP contribution in [0.15, 0.2) is 12.1 Å². The van der Waals surface area contributed by atoms with E-state index in [-0.39, 0.29) is 10.9 Å². The highest BCUT2D eigenvalue weighted by atomic mass is 32.2. The Morgan fingerprint density at radius 2 is 1.72 bits per heavy atom. The summed E-state index contributed by atoms with van der Waals surface area (Å²) < 4.78 is 0. The molecule has 1 rings (SSSR count). The van der Waals surface area contributed by atoms with Crippen molar-refractivity contribution < 1.29 is 15.0 Å². The number of hydrogen-bond acceptors (Lipinski definition) is 4. The van der Waals surface area contributed by atoms with Crippen LogP contribution in [0.25, 0.3) is 0 Å². The third kappa shape index (κ3) is 3.83. The Labute approximate surface area is 112 Å². The first-order valence-corrected chi connectivity index (χ1v) is 6.88.